The molecule has 0 aliphatic heterocycles. The average Bonchev–Trinajstić information content (AvgIpc) is 2.64. The number of nitrogens with one attached hydrogen (secondary N) is 2. The summed E-state index contributed by atoms with van der Waals surface area (Å²) in [6, 6.07) is 7.91. The summed E-state index contributed by atoms with van der Waals surface area (Å²) in [5.74, 6) is -0.304. The van der Waals surface area contributed by atoms with E-state index in [1.54, 1.807) is 30.3 Å². The fourth-order valence-corrected chi connectivity index (χ4v) is 3.22. The van der Waals surface area contributed by atoms with Crippen molar-refractivity contribution in [1.82, 2.24) is 10.6 Å². The van der Waals surface area contributed by atoms with Crippen molar-refractivity contribution in [1.29, 1.82) is 0 Å². The number of rotatable bonds is 6. The highest BCUT2D eigenvalue weighted by Gasteiger charge is 2.28. The van der Waals surface area contributed by atoms with Crippen molar-refractivity contribution < 1.29 is 19.1 Å². The van der Waals surface area contributed by atoms with E-state index in [0.717, 1.165) is 12.8 Å². The lowest BCUT2D eigenvalue weighted by Crippen LogP contribution is -2.46. The molecule has 4 atom stereocenters. The van der Waals surface area contributed by atoms with Crippen LogP contribution in [-0.2, 0) is 14.3 Å². The molecule has 6 nitrogen and oxygen atoms in total. The molecular weight excluding hydrogens is 332 g/mol. The maximum absolute atomic E-state index is 12.1. The van der Waals surface area contributed by atoms with E-state index in [9.17, 15) is 14.4 Å². The zero-order valence-corrected chi connectivity index (χ0v) is 15.7. The Morgan fingerprint density at radius 2 is 1.85 bits per heavy atom. The Balaban J connectivity index is 1.75. The molecule has 2 rings (SSSR count). The van der Waals surface area contributed by atoms with E-state index in [1.807, 2.05) is 0 Å². The van der Waals surface area contributed by atoms with Crippen LogP contribution in [0.15, 0.2) is 30.3 Å². The molecule has 1 saturated carbocycles. The second-order valence-corrected chi connectivity index (χ2v) is 7.11. The molecule has 0 radical (unpaired) electrons. The van der Waals surface area contributed by atoms with Gasteiger partial charge in [-0.15, -0.1) is 0 Å². The lowest BCUT2D eigenvalue weighted by atomic mass is 9.78. The van der Waals surface area contributed by atoms with Crippen LogP contribution < -0.4 is 10.6 Å². The van der Waals surface area contributed by atoms with Gasteiger partial charge in [0.05, 0.1) is 0 Å². The first-order chi connectivity index (χ1) is 12.4. The van der Waals surface area contributed by atoms with Gasteiger partial charge in [0.2, 0.25) is 0 Å². The van der Waals surface area contributed by atoms with Crippen molar-refractivity contribution in [2.75, 3.05) is 6.61 Å². The maximum atomic E-state index is 12.1. The molecule has 2 amide bonds. The predicted molar refractivity (Wildman–Crippen MR) is 98.4 cm³/mol. The van der Waals surface area contributed by atoms with Crippen molar-refractivity contribution >= 4 is 17.8 Å². The molecule has 0 aromatic heterocycles. The summed E-state index contributed by atoms with van der Waals surface area (Å²) >= 11 is 0. The van der Waals surface area contributed by atoms with E-state index >= 15 is 0 Å². The number of carbonyl (C=O) groups excluding carboxylic acids is 3. The summed E-state index contributed by atoms with van der Waals surface area (Å²) in [5, 5.41) is 5.53. The lowest BCUT2D eigenvalue weighted by molar-refractivity contribution is -0.150. The Morgan fingerprint density at radius 3 is 2.54 bits per heavy atom. The third-order valence-corrected chi connectivity index (χ3v) is 5.14. The summed E-state index contributed by atoms with van der Waals surface area (Å²) in [6.45, 7) is 5.54. The highest BCUT2D eigenvalue weighted by molar-refractivity contribution is 5.96. The summed E-state index contributed by atoms with van der Waals surface area (Å²) in [6.07, 6.45) is 3.23. The van der Waals surface area contributed by atoms with Gasteiger partial charge in [0.15, 0.2) is 6.61 Å². The Bertz CT molecular complexity index is 632. The summed E-state index contributed by atoms with van der Waals surface area (Å²) in [5.41, 5.74) is 0.463. The Morgan fingerprint density at radius 1 is 1.15 bits per heavy atom. The van der Waals surface area contributed by atoms with E-state index in [-0.39, 0.29) is 24.5 Å². The largest absolute Gasteiger partial charge is 0.454 e. The highest BCUT2D eigenvalue weighted by atomic mass is 16.5. The highest BCUT2D eigenvalue weighted by Crippen LogP contribution is 2.29. The predicted octanol–water partition coefficient (Wildman–Crippen LogP) is 2.29. The van der Waals surface area contributed by atoms with E-state index in [2.05, 4.69) is 24.5 Å². The smallest absolute Gasteiger partial charge is 0.328 e. The topological polar surface area (TPSA) is 84.5 Å². The van der Waals surface area contributed by atoms with Gasteiger partial charge in [0.25, 0.3) is 11.8 Å². The van der Waals surface area contributed by atoms with Crippen LogP contribution in [-0.4, -0.2) is 36.5 Å². The van der Waals surface area contributed by atoms with Crippen LogP contribution in [0.5, 0.6) is 0 Å². The second-order valence-electron chi connectivity index (χ2n) is 7.11. The fourth-order valence-electron chi connectivity index (χ4n) is 3.22. The van der Waals surface area contributed by atoms with Crippen LogP contribution in [0.3, 0.4) is 0 Å². The standard InChI is InChI=1S/C20H28N2O4/c1-13-8-7-11-17(14(13)2)22-18(23)12-26-20(25)15(3)21-19(24)16-9-5-4-6-10-16/h4-6,9-10,13-15,17H,7-8,11-12H2,1-3H3,(H,21,24)(H,22,23)/t13?,14?,15-,17?/m0/s1. The number of amides is 2. The number of esters is 1. The number of ether oxygens (including phenoxy) is 1. The second kappa shape index (κ2) is 9.36. The van der Waals surface area contributed by atoms with Gasteiger partial charge in [-0.2, -0.15) is 0 Å². The first kappa shape index (κ1) is 19.9. The van der Waals surface area contributed by atoms with Gasteiger partial charge in [0, 0.05) is 11.6 Å². The van der Waals surface area contributed by atoms with E-state index in [0.29, 0.717) is 17.4 Å². The molecule has 6 heteroatoms. The minimum atomic E-state index is -0.830. The van der Waals surface area contributed by atoms with Gasteiger partial charge in [0.1, 0.15) is 6.04 Å². The third-order valence-electron chi connectivity index (χ3n) is 5.14. The number of hydrogen-bond acceptors (Lipinski definition) is 4. The molecule has 142 valence electrons. The van der Waals surface area contributed by atoms with Crippen LogP contribution in [0.2, 0.25) is 0 Å². The van der Waals surface area contributed by atoms with Gasteiger partial charge >= 0.3 is 5.97 Å². The molecule has 0 heterocycles. The van der Waals surface area contributed by atoms with Crippen LogP contribution >= 0.6 is 0 Å². The number of carbonyl (C=O) groups is 3. The molecule has 2 N–H and O–H groups in total. The summed E-state index contributed by atoms with van der Waals surface area (Å²) in [7, 11) is 0. The van der Waals surface area contributed by atoms with E-state index < -0.39 is 12.0 Å². The van der Waals surface area contributed by atoms with Gasteiger partial charge in [-0.3, -0.25) is 9.59 Å². The monoisotopic (exact) mass is 360 g/mol. The number of hydrogen-bond donors (Lipinski definition) is 2. The molecule has 1 aromatic rings. The van der Waals surface area contributed by atoms with Crippen molar-refractivity contribution in [3.05, 3.63) is 35.9 Å². The van der Waals surface area contributed by atoms with Crippen LogP contribution in [0.25, 0.3) is 0 Å². The molecule has 1 aliphatic carbocycles. The Hall–Kier alpha value is -2.37. The molecule has 0 saturated heterocycles. The number of benzene rings is 1. The van der Waals surface area contributed by atoms with Crippen LogP contribution in [0, 0.1) is 11.8 Å². The van der Waals surface area contributed by atoms with Crippen LogP contribution in [0.1, 0.15) is 50.4 Å². The van der Waals surface area contributed by atoms with Crippen molar-refractivity contribution in [2.24, 2.45) is 11.8 Å². The molecule has 1 fully saturated rings. The average molecular weight is 360 g/mol. The van der Waals surface area contributed by atoms with Gasteiger partial charge in [-0.1, -0.05) is 44.9 Å². The van der Waals surface area contributed by atoms with Gasteiger partial charge < -0.3 is 15.4 Å². The SMILES string of the molecule is CC1CCCC(NC(=O)COC(=O)[C@H](C)NC(=O)c2ccccc2)C1C. The van der Waals surface area contributed by atoms with Crippen molar-refractivity contribution in [2.45, 2.75) is 52.1 Å². The minimum Gasteiger partial charge on any atom is -0.454 e. The zero-order valence-electron chi connectivity index (χ0n) is 15.7. The Kier molecular flexibility index (Phi) is 7.18. The molecule has 3 unspecified atom stereocenters. The first-order valence-corrected chi connectivity index (χ1v) is 9.20. The molecule has 1 aliphatic rings. The summed E-state index contributed by atoms with van der Waals surface area (Å²) in [4.78, 5) is 36.1. The normalized spacial score (nSPS) is 23.6. The quantitative estimate of drug-likeness (QED) is 0.763. The molecule has 26 heavy (non-hydrogen) atoms. The molecule has 1 aromatic carbocycles. The van der Waals surface area contributed by atoms with E-state index in [4.69, 9.17) is 4.74 Å². The lowest BCUT2D eigenvalue weighted by Gasteiger charge is -2.34. The fraction of sp³-hybridized carbons (Fsp3) is 0.550. The van der Waals surface area contributed by atoms with Crippen molar-refractivity contribution in [3.63, 3.8) is 0 Å². The van der Waals surface area contributed by atoms with Gasteiger partial charge in [-0.25, -0.2) is 4.79 Å². The zero-order chi connectivity index (χ0) is 19.1. The minimum absolute atomic E-state index is 0.125. The maximum Gasteiger partial charge on any atom is 0.328 e. The summed E-state index contributed by atoms with van der Waals surface area (Å²) < 4.78 is 5.04. The van der Waals surface area contributed by atoms with E-state index in [1.165, 1.54) is 13.3 Å². The molecular formula is C20H28N2O4. The van der Waals surface area contributed by atoms with Gasteiger partial charge in [-0.05, 0) is 37.3 Å². The Labute approximate surface area is 154 Å². The first-order valence-electron chi connectivity index (χ1n) is 9.20. The molecule has 0 spiro atoms. The molecule has 0 bridgehead atoms. The van der Waals surface area contributed by atoms with Crippen molar-refractivity contribution in [3.8, 4) is 0 Å². The third kappa shape index (κ3) is 5.58. The van der Waals surface area contributed by atoms with Crippen LogP contribution in [0.4, 0.5) is 0 Å².